The Balaban J connectivity index is 1.11. The van der Waals surface area contributed by atoms with Crippen LogP contribution in [0.15, 0.2) is 168 Å². The van der Waals surface area contributed by atoms with Gasteiger partial charge in [0.15, 0.2) is 0 Å². The van der Waals surface area contributed by atoms with E-state index in [9.17, 15) is 0 Å². The van der Waals surface area contributed by atoms with Crippen LogP contribution in [-0.4, -0.2) is 12.8 Å². The number of fused-ring (bicyclic) bond motifs is 11. The van der Waals surface area contributed by atoms with E-state index in [0.29, 0.717) is 0 Å². The maximum absolute atomic E-state index is 2.83. The average molecular weight is 998 g/mol. The quantitative estimate of drug-likeness (QED) is 0.163. The van der Waals surface area contributed by atoms with Crippen LogP contribution in [-0.2, 0) is 21.7 Å². The first-order valence-corrected chi connectivity index (χ1v) is 28.3. The lowest BCUT2D eigenvalue weighted by Gasteiger charge is -2.50. The first-order valence-electron chi connectivity index (χ1n) is 27.5. The number of aryl methyl sites for hydroxylation is 1. The summed E-state index contributed by atoms with van der Waals surface area (Å²) in [6.07, 6.45) is 5.33. The van der Waals surface area contributed by atoms with Crippen LogP contribution < -0.4 is 25.6 Å². The molecule has 4 heterocycles. The maximum atomic E-state index is 2.83. The largest absolute Gasteiger partial charge is 0.334 e. The Hall–Kier alpha value is -6.56. The molecule has 0 bridgehead atoms. The highest BCUT2D eigenvalue weighted by Gasteiger charge is 2.59. The number of anilines is 7. The smallest absolute Gasteiger partial charge is 0.247 e. The van der Waals surface area contributed by atoms with Crippen molar-refractivity contribution in [2.24, 2.45) is 11.3 Å². The number of hydrogen-bond acceptors (Lipinski definition) is 4. The first kappa shape index (κ1) is 48.1. The van der Waals surface area contributed by atoms with Crippen LogP contribution in [0.3, 0.4) is 0 Å². The van der Waals surface area contributed by atoms with Gasteiger partial charge in [0.05, 0.1) is 22.1 Å². The van der Waals surface area contributed by atoms with Gasteiger partial charge < -0.3 is 14.7 Å². The molecule has 2 unspecified atom stereocenters. The molecule has 0 saturated carbocycles. The van der Waals surface area contributed by atoms with Crippen LogP contribution in [0.2, 0.25) is 0 Å². The molecule has 0 radical (unpaired) electrons. The lowest BCUT2D eigenvalue weighted by Crippen LogP contribution is -2.62. The molecule has 1 aromatic heterocycles. The standard InChI is InChI=1S/C70H72BN3S/c1-41-35-58-62-59(36-41)74-63-52(61-64(74)51-19-16-17-21-53(51)70(61,14)15)37-45(69(11,12)13)38-55(63)71(62)54-34-32-48(72(46-28-23-42(24-29-46)66(2,3)4)47-30-25-43(26-31-47)67(5,6)7)40-57(54)73(58)56-22-18-20-50-49-33-27-44(68(8,9)10)39-60(49)75-65(50)56/h16-40,52,63H,1-15H3. The highest BCUT2D eigenvalue weighted by atomic mass is 32.1. The molecule has 3 nitrogen and oxygen atoms in total. The summed E-state index contributed by atoms with van der Waals surface area (Å²) in [5.74, 6) is 0.238. The molecule has 5 aliphatic rings. The van der Waals surface area contributed by atoms with Crippen molar-refractivity contribution in [1.82, 2.24) is 0 Å². The lowest BCUT2D eigenvalue weighted by atomic mass is 9.30. The molecule has 8 aromatic rings. The number of thiophene rings is 1. The van der Waals surface area contributed by atoms with Crippen LogP contribution in [0, 0.1) is 18.3 Å². The number of hydrogen-bond donors (Lipinski definition) is 0. The van der Waals surface area contributed by atoms with Crippen molar-refractivity contribution in [2.75, 3.05) is 14.7 Å². The summed E-state index contributed by atoms with van der Waals surface area (Å²) in [6.45, 7) is 35.4. The fourth-order valence-electron chi connectivity index (χ4n) is 13.7. The van der Waals surface area contributed by atoms with Gasteiger partial charge in [-0.1, -0.05) is 193 Å². The third kappa shape index (κ3) is 7.19. The third-order valence-corrected chi connectivity index (χ3v) is 18.9. The predicted molar refractivity (Wildman–Crippen MR) is 326 cm³/mol. The van der Waals surface area contributed by atoms with E-state index in [1.807, 2.05) is 11.3 Å². The molecule has 75 heavy (non-hydrogen) atoms. The van der Waals surface area contributed by atoms with E-state index in [4.69, 9.17) is 0 Å². The molecule has 0 N–H and O–H groups in total. The molecule has 2 atom stereocenters. The van der Waals surface area contributed by atoms with Gasteiger partial charge in [0.25, 0.3) is 0 Å². The Bertz CT molecular complexity index is 3760. The van der Waals surface area contributed by atoms with Gasteiger partial charge in [0.2, 0.25) is 6.71 Å². The van der Waals surface area contributed by atoms with Crippen molar-refractivity contribution in [3.8, 4) is 0 Å². The third-order valence-electron chi connectivity index (χ3n) is 17.7. The minimum atomic E-state index is -0.124. The van der Waals surface area contributed by atoms with Crippen LogP contribution in [0.5, 0.6) is 0 Å². The summed E-state index contributed by atoms with van der Waals surface area (Å²) < 4.78 is 2.66. The van der Waals surface area contributed by atoms with E-state index < -0.39 is 0 Å². The van der Waals surface area contributed by atoms with Gasteiger partial charge in [-0.15, -0.1) is 11.3 Å². The second-order valence-corrected chi connectivity index (χ2v) is 28.2. The summed E-state index contributed by atoms with van der Waals surface area (Å²) in [5, 5.41) is 2.64. The molecule has 0 spiro atoms. The number of nitrogens with zero attached hydrogens (tertiary/aromatic N) is 3. The summed E-state index contributed by atoms with van der Waals surface area (Å²) in [5.41, 5.74) is 25.3. The zero-order valence-electron chi connectivity index (χ0n) is 46.9. The summed E-state index contributed by atoms with van der Waals surface area (Å²) >= 11 is 1.95. The van der Waals surface area contributed by atoms with Crippen molar-refractivity contribution in [1.29, 1.82) is 0 Å². The predicted octanol–water partition coefficient (Wildman–Crippen LogP) is 18.1. The van der Waals surface area contributed by atoms with Gasteiger partial charge in [-0.3, -0.25) is 0 Å². The van der Waals surface area contributed by atoms with Gasteiger partial charge in [-0.25, -0.2) is 0 Å². The minimum absolute atomic E-state index is 0.0366. The number of rotatable bonds is 4. The highest BCUT2D eigenvalue weighted by molar-refractivity contribution is 7.26. The van der Waals surface area contributed by atoms with Crippen LogP contribution in [0.4, 0.5) is 39.8 Å². The van der Waals surface area contributed by atoms with Gasteiger partial charge in [0.1, 0.15) is 0 Å². The zero-order valence-corrected chi connectivity index (χ0v) is 47.7. The van der Waals surface area contributed by atoms with Gasteiger partial charge >= 0.3 is 0 Å². The van der Waals surface area contributed by atoms with Gasteiger partial charge in [-0.2, -0.15) is 0 Å². The molecule has 0 saturated heterocycles. The topological polar surface area (TPSA) is 9.72 Å². The molecule has 13 rings (SSSR count). The monoisotopic (exact) mass is 998 g/mol. The number of allylic oxidation sites excluding steroid dienone is 2. The Morgan fingerprint density at radius 1 is 0.560 bits per heavy atom. The lowest BCUT2D eigenvalue weighted by molar-refractivity contribution is 0.486. The first-order chi connectivity index (χ1) is 35.4. The van der Waals surface area contributed by atoms with E-state index >= 15 is 0 Å². The average Bonchev–Trinajstić information content (AvgIpc) is 4.12. The summed E-state index contributed by atoms with van der Waals surface area (Å²) in [6, 6.07) is 54.9. The molecular formula is C70H72BN3S. The SMILES string of the molecule is Cc1cc2c3c(c1)N1C4=C(C5C=C(C(C)(C)C)C=C(B3c3ccc(N(c6ccc(C(C)(C)C)cc6)c6ccc(C(C)(C)C)cc6)cc3N2c2cccc3c2sc2cc(C(C)(C)C)ccc23)C51)C(C)(C)c1ccccc14. The minimum Gasteiger partial charge on any atom is -0.334 e. The van der Waals surface area contributed by atoms with E-state index in [-0.39, 0.29) is 45.7 Å². The summed E-state index contributed by atoms with van der Waals surface area (Å²) in [7, 11) is 0. The Labute approximate surface area is 451 Å². The van der Waals surface area contributed by atoms with E-state index in [1.165, 1.54) is 104 Å². The molecule has 5 heteroatoms. The molecule has 0 amide bonds. The Kier molecular flexibility index (Phi) is 10.3. The normalized spacial score (nSPS) is 18.5. The van der Waals surface area contributed by atoms with Crippen molar-refractivity contribution >= 4 is 94.7 Å². The summed E-state index contributed by atoms with van der Waals surface area (Å²) in [4.78, 5) is 8.01. The number of benzene rings is 7. The van der Waals surface area contributed by atoms with Crippen LogP contribution in [0.1, 0.15) is 130 Å². The van der Waals surface area contributed by atoms with Crippen molar-refractivity contribution in [2.45, 2.75) is 132 Å². The Morgan fingerprint density at radius 2 is 1.17 bits per heavy atom. The maximum Gasteiger partial charge on any atom is 0.247 e. The van der Waals surface area contributed by atoms with Crippen molar-refractivity contribution in [3.63, 3.8) is 0 Å². The van der Waals surface area contributed by atoms with Crippen LogP contribution in [0.25, 0.3) is 25.9 Å². The highest BCUT2D eigenvalue weighted by Crippen LogP contribution is 2.62. The van der Waals surface area contributed by atoms with E-state index in [2.05, 4.69) is 270 Å². The van der Waals surface area contributed by atoms with Crippen LogP contribution >= 0.6 is 11.3 Å². The van der Waals surface area contributed by atoms with Crippen molar-refractivity contribution < 1.29 is 0 Å². The van der Waals surface area contributed by atoms with E-state index in [0.717, 1.165) is 17.1 Å². The fraction of sp³-hybridized carbons (Fsp3) is 0.314. The molecule has 376 valence electrons. The second kappa shape index (κ2) is 16.0. The molecular weight excluding hydrogens is 926 g/mol. The molecule has 7 aromatic carbocycles. The zero-order chi connectivity index (χ0) is 52.6. The molecule has 0 fully saturated rings. The van der Waals surface area contributed by atoms with Crippen molar-refractivity contribution in [3.05, 3.63) is 202 Å². The van der Waals surface area contributed by atoms with Gasteiger partial charge in [0, 0.05) is 66.5 Å². The van der Waals surface area contributed by atoms with E-state index in [1.54, 1.807) is 5.57 Å². The molecule has 3 aliphatic heterocycles. The van der Waals surface area contributed by atoms with Gasteiger partial charge in [-0.05, 0) is 139 Å². The fourth-order valence-corrected chi connectivity index (χ4v) is 14.9. The molecule has 2 aliphatic carbocycles. The second-order valence-electron chi connectivity index (χ2n) is 27.2. The Morgan fingerprint density at radius 3 is 1.81 bits per heavy atom.